The zero-order valence-electron chi connectivity index (χ0n) is 14.8. The number of aryl methyl sites for hydroxylation is 1. The van der Waals surface area contributed by atoms with Crippen LogP contribution in [0.15, 0.2) is 30.5 Å². The third-order valence-electron chi connectivity index (χ3n) is 4.24. The number of carbonyl (C=O) groups is 1. The Morgan fingerprint density at radius 2 is 2.00 bits per heavy atom. The second kappa shape index (κ2) is 6.11. The van der Waals surface area contributed by atoms with Crippen LogP contribution in [0.5, 0.6) is 0 Å². The average Bonchev–Trinajstić information content (AvgIpc) is 3.07. The van der Waals surface area contributed by atoms with E-state index in [1.165, 1.54) is 0 Å². The molecule has 0 spiro atoms. The Kier molecular flexibility index (Phi) is 4.13. The van der Waals surface area contributed by atoms with Crippen molar-refractivity contribution in [2.24, 2.45) is 13.0 Å². The van der Waals surface area contributed by atoms with Gasteiger partial charge in [-0.05, 0) is 25.0 Å². The van der Waals surface area contributed by atoms with Crippen LogP contribution in [-0.4, -0.2) is 32.3 Å². The Balaban J connectivity index is 1.94. The summed E-state index contributed by atoms with van der Waals surface area (Å²) in [4.78, 5) is 19.1. The summed E-state index contributed by atoms with van der Waals surface area (Å²) in [5.41, 5.74) is 3.38. The van der Waals surface area contributed by atoms with Gasteiger partial charge in [0.2, 0.25) is 5.95 Å². The lowest BCUT2D eigenvalue weighted by atomic mass is 10.2. The van der Waals surface area contributed by atoms with Crippen LogP contribution in [0.4, 0.5) is 5.95 Å². The summed E-state index contributed by atoms with van der Waals surface area (Å²) in [5.74, 6) is 1.00. The number of imidazole rings is 1. The fourth-order valence-electron chi connectivity index (χ4n) is 2.89. The van der Waals surface area contributed by atoms with Gasteiger partial charge in [-0.15, -0.1) is 0 Å². The van der Waals surface area contributed by atoms with Crippen molar-refractivity contribution in [2.75, 3.05) is 11.9 Å². The summed E-state index contributed by atoms with van der Waals surface area (Å²) in [6, 6.07) is 7.86. The van der Waals surface area contributed by atoms with Crippen LogP contribution in [0.2, 0.25) is 0 Å². The maximum absolute atomic E-state index is 12.9. The van der Waals surface area contributed by atoms with Gasteiger partial charge >= 0.3 is 0 Å². The normalized spacial score (nSPS) is 11.4. The van der Waals surface area contributed by atoms with Gasteiger partial charge in [-0.3, -0.25) is 14.4 Å². The number of benzene rings is 1. The summed E-state index contributed by atoms with van der Waals surface area (Å²) in [6.45, 7) is 7.00. The molecule has 3 aromatic rings. The number of nitrogens with zero attached hydrogens (tertiary/aromatic N) is 5. The van der Waals surface area contributed by atoms with Crippen molar-refractivity contribution in [1.29, 1.82) is 0 Å². The van der Waals surface area contributed by atoms with Crippen molar-refractivity contribution < 1.29 is 4.79 Å². The summed E-state index contributed by atoms with van der Waals surface area (Å²) in [7, 11) is 3.67. The summed E-state index contributed by atoms with van der Waals surface area (Å²) in [6.07, 6.45) is 1.65. The average molecular weight is 325 g/mol. The van der Waals surface area contributed by atoms with E-state index in [0.29, 0.717) is 17.4 Å². The number of hydrogen-bond acceptors (Lipinski definition) is 3. The minimum absolute atomic E-state index is 0.0964. The van der Waals surface area contributed by atoms with Gasteiger partial charge in [-0.2, -0.15) is 5.10 Å². The predicted octanol–water partition coefficient (Wildman–Crippen LogP) is 3.01. The molecule has 0 atom stereocenters. The van der Waals surface area contributed by atoms with E-state index in [2.05, 4.69) is 23.9 Å². The molecule has 126 valence electrons. The molecule has 0 aliphatic carbocycles. The highest BCUT2D eigenvalue weighted by atomic mass is 16.2. The lowest BCUT2D eigenvalue weighted by molar-refractivity contribution is 0.0990. The van der Waals surface area contributed by atoms with Gasteiger partial charge in [-0.1, -0.05) is 26.0 Å². The molecule has 1 amide bonds. The van der Waals surface area contributed by atoms with Crippen LogP contribution in [0.1, 0.15) is 29.9 Å². The number of fused-ring (bicyclic) bond motifs is 1. The van der Waals surface area contributed by atoms with Gasteiger partial charge in [0.25, 0.3) is 5.91 Å². The Morgan fingerprint density at radius 3 is 2.67 bits per heavy atom. The largest absolute Gasteiger partial charge is 0.313 e. The first-order valence-electron chi connectivity index (χ1n) is 8.12. The second-order valence-corrected chi connectivity index (χ2v) is 6.54. The smallest absolute Gasteiger partial charge is 0.263 e. The maximum Gasteiger partial charge on any atom is 0.263 e. The maximum atomic E-state index is 12.9. The van der Waals surface area contributed by atoms with E-state index < -0.39 is 0 Å². The first-order chi connectivity index (χ1) is 11.4. The standard InChI is InChI=1S/C18H23N5O/c1-12(2)11-23-13(3)14(10-19-23)17(24)22(5)18-20-15-8-6-7-9-16(15)21(18)4/h6-10,12H,11H2,1-5H3. The SMILES string of the molecule is Cc1c(C(=O)N(C)c2nc3ccccc3n2C)cnn1CC(C)C. The van der Waals surface area contributed by atoms with E-state index in [0.717, 1.165) is 23.3 Å². The van der Waals surface area contributed by atoms with Crippen LogP contribution >= 0.6 is 0 Å². The van der Waals surface area contributed by atoms with Crippen molar-refractivity contribution in [1.82, 2.24) is 19.3 Å². The monoisotopic (exact) mass is 325 g/mol. The fraction of sp³-hybridized carbons (Fsp3) is 0.389. The molecule has 0 saturated heterocycles. The van der Waals surface area contributed by atoms with E-state index >= 15 is 0 Å². The molecule has 6 heteroatoms. The molecule has 3 rings (SSSR count). The van der Waals surface area contributed by atoms with Crippen LogP contribution < -0.4 is 4.90 Å². The van der Waals surface area contributed by atoms with E-state index in [9.17, 15) is 4.79 Å². The van der Waals surface area contributed by atoms with E-state index in [-0.39, 0.29) is 5.91 Å². The molecular formula is C18H23N5O. The van der Waals surface area contributed by atoms with Gasteiger partial charge in [-0.25, -0.2) is 4.98 Å². The Labute approximate surface area is 141 Å². The zero-order valence-corrected chi connectivity index (χ0v) is 14.8. The van der Waals surface area contributed by atoms with Gasteiger partial charge in [0.15, 0.2) is 0 Å². The van der Waals surface area contributed by atoms with Crippen LogP contribution in [0.25, 0.3) is 11.0 Å². The van der Waals surface area contributed by atoms with E-state index in [1.54, 1.807) is 18.1 Å². The molecule has 0 bridgehead atoms. The van der Waals surface area contributed by atoms with Gasteiger partial charge in [0.05, 0.1) is 22.8 Å². The fourth-order valence-corrected chi connectivity index (χ4v) is 2.89. The summed E-state index contributed by atoms with van der Waals surface area (Å²) >= 11 is 0. The van der Waals surface area contributed by atoms with Crippen LogP contribution in [0, 0.1) is 12.8 Å². The number of carbonyl (C=O) groups excluding carboxylic acids is 1. The zero-order chi connectivity index (χ0) is 17.4. The summed E-state index contributed by atoms with van der Waals surface area (Å²) < 4.78 is 3.82. The highest BCUT2D eigenvalue weighted by molar-refractivity contribution is 6.06. The molecular weight excluding hydrogens is 302 g/mol. The molecule has 0 aliphatic rings. The number of anilines is 1. The third-order valence-corrected chi connectivity index (χ3v) is 4.24. The molecule has 2 heterocycles. The number of aromatic nitrogens is 4. The predicted molar refractivity (Wildman–Crippen MR) is 95.2 cm³/mol. The van der Waals surface area contributed by atoms with Gasteiger partial charge in [0, 0.05) is 26.3 Å². The number of para-hydroxylation sites is 2. The molecule has 0 fully saturated rings. The molecule has 2 aromatic heterocycles. The minimum Gasteiger partial charge on any atom is -0.313 e. The van der Waals surface area contributed by atoms with Crippen molar-refractivity contribution in [3.05, 3.63) is 41.7 Å². The lowest BCUT2D eigenvalue weighted by Crippen LogP contribution is -2.29. The molecule has 6 nitrogen and oxygen atoms in total. The molecule has 0 radical (unpaired) electrons. The highest BCUT2D eigenvalue weighted by Gasteiger charge is 2.22. The first kappa shape index (κ1) is 16.2. The quantitative estimate of drug-likeness (QED) is 0.741. The van der Waals surface area contributed by atoms with Crippen molar-refractivity contribution in [3.8, 4) is 0 Å². The minimum atomic E-state index is -0.0964. The number of hydrogen-bond donors (Lipinski definition) is 0. The van der Waals surface area contributed by atoms with Crippen molar-refractivity contribution in [3.63, 3.8) is 0 Å². The van der Waals surface area contributed by atoms with Crippen LogP contribution in [0.3, 0.4) is 0 Å². The lowest BCUT2D eigenvalue weighted by Gasteiger charge is -2.16. The van der Waals surface area contributed by atoms with E-state index in [4.69, 9.17) is 0 Å². The first-order valence-corrected chi connectivity index (χ1v) is 8.12. The molecule has 0 unspecified atom stereocenters. The molecule has 0 N–H and O–H groups in total. The number of rotatable bonds is 4. The topological polar surface area (TPSA) is 56.0 Å². The highest BCUT2D eigenvalue weighted by Crippen LogP contribution is 2.22. The molecule has 0 saturated carbocycles. The van der Waals surface area contributed by atoms with Gasteiger partial charge < -0.3 is 4.57 Å². The van der Waals surface area contributed by atoms with Crippen molar-refractivity contribution >= 4 is 22.9 Å². The van der Waals surface area contributed by atoms with E-state index in [1.807, 2.05) is 47.5 Å². The Hall–Kier alpha value is -2.63. The second-order valence-electron chi connectivity index (χ2n) is 6.54. The Bertz CT molecular complexity index is 890. The molecule has 0 aliphatic heterocycles. The summed E-state index contributed by atoms with van der Waals surface area (Å²) in [5, 5.41) is 4.36. The molecule has 1 aromatic carbocycles. The number of amides is 1. The van der Waals surface area contributed by atoms with Crippen LogP contribution in [-0.2, 0) is 13.6 Å². The van der Waals surface area contributed by atoms with Gasteiger partial charge in [0.1, 0.15) is 0 Å². The third kappa shape index (κ3) is 2.68. The molecule has 24 heavy (non-hydrogen) atoms. The Morgan fingerprint density at radius 1 is 1.29 bits per heavy atom. The van der Waals surface area contributed by atoms with Crippen molar-refractivity contribution in [2.45, 2.75) is 27.3 Å².